The normalized spacial score (nSPS) is 12.6. The molecule has 1 unspecified atom stereocenters. The Balaban J connectivity index is 1.90. The zero-order valence-electron chi connectivity index (χ0n) is 15.7. The van der Waals surface area contributed by atoms with E-state index in [0.29, 0.717) is 16.3 Å². The molecule has 3 rings (SSSR count). The maximum Gasteiger partial charge on any atom is 0.296 e. The standard InChI is InChI=1S/C20H19ClFN3O3S/c1-11(13-5-9-16(10-6-13)25-29(23,27)28)18-17(22)12(2)19(24-18)20(26)14-3-7-15(21)8-4-14/h3-11,24-25H,1-2H3,(H2,23,27,28). The third-order valence-corrected chi connectivity index (χ3v) is 5.41. The summed E-state index contributed by atoms with van der Waals surface area (Å²) in [6.45, 7) is 3.33. The molecular formula is C20H19ClFN3O3S. The summed E-state index contributed by atoms with van der Waals surface area (Å²) in [6, 6.07) is 12.8. The first-order valence-corrected chi connectivity index (χ1v) is 10.6. The molecule has 0 aliphatic carbocycles. The van der Waals surface area contributed by atoms with E-state index in [4.69, 9.17) is 16.7 Å². The quantitative estimate of drug-likeness (QED) is 0.507. The summed E-state index contributed by atoms with van der Waals surface area (Å²) in [6.07, 6.45) is 0. The molecule has 0 amide bonds. The zero-order chi connectivity index (χ0) is 21.3. The molecule has 3 aromatic rings. The fourth-order valence-corrected chi connectivity index (χ4v) is 3.63. The fourth-order valence-electron chi connectivity index (χ4n) is 3.04. The molecule has 0 saturated carbocycles. The SMILES string of the molecule is Cc1c(C(=O)c2ccc(Cl)cc2)[nH]c(C(C)c2ccc(NS(N)(=O)=O)cc2)c1F. The first-order chi connectivity index (χ1) is 13.6. The number of rotatable bonds is 6. The maximum atomic E-state index is 14.9. The predicted molar refractivity (Wildman–Crippen MR) is 111 cm³/mol. The van der Waals surface area contributed by atoms with Gasteiger partial charge in [0.15, 0.2) is 0 Å². The van der Waals surface area contributed by atoms with Crippen molar-refractivity contribution in [1.29, 1.82) is 0 Å². The Hall–Kier alpha value is -2.68. The molecular weight excluding hydrogens is 417 g/mol. The van der Waals surface area contributed by atoms with Crippen molar-refractivity contribution in [2.75, 3.05) is 4.72 Å². The molecule has 152 valence electrons. The Kier molecular flexibility index (Phi) is 5.79. The molecule has 0 radical (unpaired) electrons. The van der Waals surface area contributed by atoms with Crippen LogP contribution in [0.2, 0.25) is 5.02 Å². The van der Waals surface area contributed by atoms with Crippen LogP contribution in [0.25, 0.3) is 0 Å². The van der Waals surface area contributed by atoms with Crippen LogP contribution in [0.15, 0.2) is 48.5 Å². The number of aromatic amines is 1. The topological polar surface area (TPSA) is 105 Å². The van der Waals surface area contributed by atoms with Gasteiger partial charge in [0.1, 0.15) is 5.82 Å². The zero-order valence-corrected chi connectivity index (χ0v) is 17.2. The maximum absolute atomic E-state index is 14.9. The van der Waals surface area contributed by atoms with Crippen LogP contribution in [0.5, 0.6) is 0 Å². The number of carbonyl (C=O) groups is 1. The number of ketones is 1. The molecule has 1 atom stereocenters. The molecule has 0 aliphatic rings. The molecule has 0 saturated heterocycles. The number of nitrogens with two attached hydrogens (primary N) is 1. The fraction of sp³-hybridized carbons (Fsp3) is 0.150. The molecule has 0 spiro atoms. The van der Waals surface area contributed by atoms with Crippen molar-refractivity contribution >= 4 is 33.3 Å². The summed E-state index contributed by atoms with van der Waals surface area (Å²) in [5, 5.41) is 5.45. The lowest BCUT2D eigenvalue weighted by molar-refractivity contribution is 0.103. The van der Waals surface area contributed by atoms with Gasteiger partial charge >= 0.3 is 0 Å². The number of H-pyrrole nitrogens is 1. The molecule has 2 aromatic carbocycles. The van der Waals surface area contributed by atoms with Crippen LogP contribution in [0.3, 0.4) is 0 Å². The van der Waals surface area contributed by atoms with Gasteiger partial charge in [0.25, 0.3) is 10.2 Å². The van der Waals surface area contributed by atoms with Gasteiger partial charge in [-0.05, 0) is 48.9 Å². The van der Waals surface area contributed by atoms with Gasteiger partial charge in [-0.25, -0.2) is 9.53 Å². The number of benzene rings is 2. The monoisotopic (exact) mass is 435 g/mol. The summed E-state index contributed by atoms with van der Waals surface area (Å²) in [4.78, 5) is 15.7. The van der Waals surface area contributed by atoms with E-state index < -0.39 is 21.9 Å². The Morgan fingerprint density at radius 2 is 1.72 bits per heavy atom. The Bertz CT molecular complexity index is 1160. The smallest absolute Gasteiger partial charge is 0.296 e. The van der Waals surface area contributed by atoms with Crippen LogP contribution in [-0.2, 0) is 10.2 Å². The Morgan fingerprint density at radius 3 is 2.28 bits per heavy atom. The van der Waals surface area contributed by atoms with Crippen molar-refractivity contribution in [1.82, 2.24) is 4.98 Å². The van der Waals surface area contributed by atoms with Crippen LogP contribution in [0.4, 0.5) is 10.1 Å². The van der Waals surface area contributed by atoms with Crippen LogP contribution in [0, 0.1) is 12.7 Å². The van der Waals surface area contributed by atoms with Gasteiger partial charge in [-0.15, -0.1) is 0 Å². The molecule has 1 aromatic heterocycles. The van der Waals surface area contributed by atoms with E-state index in [0.717, 1.165) is 5.56 Å². The number of hydrogen-bond donors (Lipinski definition) is 3. The third kappa shape index (κ3) is 4.67. The van der Waals surface area contributed by atoms with Gasteiger partial charge in [-0.2, -0.15) is 8.42 Å². The second kappa shape index (κ2) is 7.98. The third-order valence-electron chi connectivity index (χ3n) is 4.64. The Morgan fingerprint density at radius 1 is 1.14 bits per heavy atom. The molecule has 0 aliphatic heterocycles. The van der Waals surface area contributed by atoms with E-state index in [2.05, 4.69) is 9.71 Å². The number of nitrogens with one attached hydrogen (secondary N) is 2. The van der Waals surface area contributed by atoms with Gasteiger partial charge in [-0.1, -0.05) is 30.7 Å². The molecule has 6 nitrogen and oxygen atoms in total. The van der Waals surface area contributed by atoms with E-state index >= 15 is 0 Å². The molecule has 4 N–H and O–H groups in total. The number of hydrogen-bond acceptors (Lipinski definition) is 3. The highest BCUT2D eigenvalue weighted by atomic mass is 35.5. The van der Waals surface area contributed by atoms with Crippen molar-refractivity contribution < 1.29 is 17.6 Å². The highest BCUT2D eigenvalue weighted by Gasteiger charge is 2.24. The summed E-state index contributed by atoms with van der Waals surface area (Å²) < 4.78 is 39.2. The first-order valence-electron chi connectivity index (χ1n) is 8.65. The lowest BCUT2D eigenvalue weighted by Gasteiger charge is -2.12. The molecule has 9 heteroatoms. The minimum Gasteiger partial charge on any atom is -0.352 e. The van der Waals surface area contributed by atoms with E-state index in [1.807, 2.05) is 0 Å². The number of carbonyl (C=O) groups excluding carboxylic acids is 1. The lowest BCUT2D eigenvalue weighted by Crippen LogP contribution is -2.21. The first kappa shape index (κ1) is 21.0. The van der Waals surface area contributed by atoms with Gasteiger partial charge in [0.2, 0.25) is 5.78 Å². The summed E-state index contributed by atoms with van der Waals surface area (Å²) >= 11 is 5.85. The molecule has 0 bridgehead atoms. The largest absolute Gasteiger partial charge is 0.352 e. The van der Waals surface area contributed by atoms with Crippen molar-refractivity contribution in [2.24, 2.45) is 5.14 Å². The summed E-state index contributed by atoms with van der Waals surface area (Å²) in [7, 11) is -3.87. The van der Waals surface area contributed by atoms with E-state index in [1.165, 1.54) is 12.1 Å². The molecule has 1 heterocycles. The predicted octanol–water partition coefficient (Wildman–Crippen LogP) is 4.11. The van der Waals surface area contributed by atoms with E-state index in [9.17, 15) is 17.6 Å². The highest BCUT2D eigenvalue weighted by molar-refractivity contribution is 7.90. The van der Waals surface area contributed by atoms with Crippen molar-refractivity contribution in [3.05, 3.63) is 87.4 Å². The average molecular weight is 436 g/mol. The van der Waals surface area contributed by atoms with Gasteiger partial charge in [0.05, 0.1) is 11.4 Å². The average Bonchev–Trinajstić information content (AvgIpc) is 2.96. The van der Waals surface area contributed by atoms with Crippen LogP contribution in [0.1, 0.15) is 45.7 Å². The molecule has 29 heavy (non-hydrogen) atoms. The summed E-state index contributed by atoms with van der Waals surface area (Å²) in [5.74, 6) is -1.21. The van der Waals surface area contributed by atoms with Crippen molar-refractivity contribution in [3.8, 4) is 0 Å². The second-order valence-electron chi connectivity index (χ2n) is 6.68. The lowest BCUT2D eigenvalue weighted by atomic mass is 9.97. The molecule has 0 fully saturated rings. The minimum absolute atomic E-state index is 0.180. The Labute approximate surface area is 173 Å². The van der Waals surface area contributed by atoms with E-state index in [-0.39, 0.29) is 22.7 Å². The number of aromatic nitrogens is 1. The second-order valence-corrected chi connectivity index (χ2v) is 8.41. The van der Waals surface area contributed by atoms with Gasteiger partial charge < -0.3 is 4.98 Å². The number of anilines is 1. The van der Waals surface area contributed by atoms with Crippen molar-refractivity contribution in [3.63, 3.8) is 0 Å². The van der Waals surface area contributed by atoms with Crippen LogP contribution < -0.4 is 9.86 Å². The highest BCUT2D eigenvalue weighted by Crippen LogP contribution is 2.30. The summed E-state index contributed by atoms with van der Waals surface area (Å²) in [5.41, 5.74) is 2.11. The van der Waals surface area contributed by atoms with Gasteiger partial charge in [0, 0.05) is 27.8 Å². The van der Waals surface area contributed by atoms with Crippen LogP contribution >= 0.6 is 11.6 Å². The van der Waals surface area contributed by atoms with Gasteiger partial charge in [-0.3, -0.25) is 9.52 Å². The minimum atomic E-state index is -3.87. The van der Waals surface area contributed by atoms with Crippen LogP contribution in [-0.4, -0.2) is 19.2 Å². The number of halogens is 2. The van der Waals surface area contributed by atoms with E-state index in [1.54, 1.807) is 50.2 Å². The van der Waals surface area contributed by atoms with Crippen molar-refractivity contribution in [2.45, 2.75) is 19.8 Å².